The number of halogens is 1. The van der Waals surface area contributed by atoms with E-state index in [9.17, 15) is 0 Å². The number of aromatic amines is 1. The molecule has 1 aromatic heterocycles. The summed E-state index contributed by atoms with van der Waals surface area (Å²) in [5.74, 6) is 2.57. The highest BCUT2D eigenvalue weighted by atomic mass is 127. The summed E-state index contributed by atoms with van der Waals surface area (Å²) in [5, 5.41) is 6.59. The quantitative estimate of drug-likeness (QED) is 0.196. The number of imidazole rings is 1. The van der Waals surface area contributed by atoms with Crippen molar-refractivity contribution in [2.75, 3.05) is 32.8 Å². The molecular weight excluding hydrogens is 453 g/mol. The standard InChI is InChI=1S/C20H33N5O.HI/c1-4-21-20(23-13-15-26-14-11-16(2)3)22-12-7-10-19-24-17-8-5-6-9-18(17)25-19;/h5-6,8-9,16H,4,7,10-15H2,1-3H3,(H,24,25)(H2,21,22,23);1H. The first-order valence-electron chi connectivity index (χ1n) is 9.72. The minimum Gasteiger partial charge on any atom is -0.380 e. The van der Waals surface area contributed by atoms with E-state index in [2.05, 4.69) is 52.4 Å². The number of nitrogens with one attached hydrogen (secondary N) is 3. The lowest BCUT2D eigenvalue weighted by Gasteiger charge is -2.12. The lowest BCUT2D eigenvalue weighted by molar-refractivity contribution is 0.128. The van der Waals surface area contributed by atoms with Crippen molar-refractivity contribution in [1.29, 1.82) is 0 Å². The van der Waals surface area contributed by atoms with Crippen molar-refractivity contribution in [3.8, 4) is 0 Å². The molecule has 0 fully saturated rings. The van der Waals surface area contributed by atoms with Gasteiger partial charge in [-0.1, -0.05) is 26.0 Å². The van der Waals surface area contributed by atoms with Crippen LogP contribution in [0.4, 0.5) is 0 Å². The van der Waals surface area contributed by atoms with Gasteiger partial charge in [0.15, 0.2) is 5.96 Å². The maximum absolute atomic E-state index is 5.63. The average Bonchev–Trinajstić information content (AvgIpc) is 3.04. The highest BCUT2D eigenvalue weighted by molar-refractivity contribution is 14.0. The van der Waals surface area contributed by atoms with Crippen LogP contribution < -0.4 is 10.6 Å². The summed E-state index contributed by atoms with van der Waals surface area (Å²) in [7, 11) is 0. The van der Waals surface area contributed by atoms with Gasteiger partial charge in [0, 0.05) is 32.7 Å². The molecule has 1 aromatic carbocycles. The third kappa shape index (κ3) is 9.41. The molecule has 0 amide bonds. The predicted octanol–water partition coefficient (Wildman–Crippen LogP) is 3.73. The Bertz CT molecular complexity index is 638. The van der Waals surface area contributed by atoms with Crippen molar-refractivity contribution in [3.05, 3.63) is 30.1 Å². The van der Waals surface area contributed by atoms with E-state index in [1.54, 1.807) is 0 Å². The Morgan fingerprint density at radius 2 is 2.04 bits per heavy atom. The van der Waals surface area contributed by atoms with Crippen LogP contribution in [0.1, 0.15) is 39.4 Å². The second-order valence-corrected chi connectivity index (χ2v) is 6.79. The largest absolute Gasteiger partial charge is 0.380 e. The molecule has 2 aromatic rings. The summed E-state index contributed by atoms with van der Waals surface area (Å²) < 4.78 is 5.63. The normalized spacial score (nSPS) is 11.6. The van der Waals surface area contributed by atoms with Crippen molar-refractivity contribution in [3.63, 3.8) is 0 Å². The van der Waals surface area contributed by atoms with Crippen LogP contribution in [0, 0.1) is 5.92 Å². The van der Waals surface area contributed by atoms with E-state index in [-0.39, 0.29) is 24.0 Å². The number of H-pyrrole nitrogens is 1. The van der Waals surface area contributed by atoms with Gasteiger partial charge in [0.05, 0.1) is 17.6 Å². The van der Waals surface area contributed by atoms with Crippen molar-refractivity contribution >= 4 is 41.0 Å². The fourth-order valence-electron chi connectivity index (χ4n) is 2.57. The third-order valence-electron chi connectivity index (χ3n) is 4.00. The Morgan fingerprint density at radius 1 is 1.22 bits per heavy atom. The third-order valence-corrected chi connectivity index (χ3v) is 4.00. The molecular formula is C20H34IN5O. The van der Waals surface area contributed by atoms with Crippen molar-refractivity contribution in [2.24, 2.45) is 10.9 Å². The number of fused-ring (bicyclic) bond motifs is 1. The van der Waals surface area contributed by atoms with Crippen molar-refractivity contribution in [1.82, 2.24) is 20.6 Å². The Kier molecular flexibility index (Phi) is 12.1. The molecule has 0 spiro atoms. The molecule has 2 rings (SSSR count). The number of nitrogens with zero attached hydrogens (tertiary/aromatic N) is 2. The Balaban J connectivity index is 0.00000364. The van der Waals surface area contributed by atoms with Crippen molar-refractivity contribution in [2.45, 2.75) is 40.0 Å². The molecule has 0 aliphatic rings. The SMILES string of the molecule is CCNC(=NCCCc1nc2ccccc2[nH]1)NCCOCCC(C)C.I. The monoisotopic (exact) mass is 487 g/mol. The van der Waals surface area contributed by atoms with E-state index in [1.165, 1.54) is 0 Å². The van der Waals surface area contributed by atoms with E-state index in [0.717, 1.165) is 68.3 Å². The molecule has 0 radical (unpaired) electrons. The number of ether oxygens (including phenoxy) is 1. The smallest absolute Gasteiger partial charge is 0.191 e. The molecule has 1 heterocycles. The van der Waals surface area contributed by atoms with Gasteiger partial charge in [-0.25, -0.2) is 4.98 Å². The van der Waals surface area contributed by atoms with Crippen LogP contribution in [-0.2, 0) is 11.2 Å². The minimum absolute atomic E-state index is 0. The van der Waals surface area contributed by atoms with Crippen molar-refractivity contribution < 1.29 is 4.74 Å². The molecule has 27 heavy (non-hydrogen) atoms. The summed E-state index contributed by atoms with van der Waals surface area (Å²) in [6, 6.07) is 8.12. The molecule has 0 unspecified atom stereocenters. The molecule has 0 bridgehead atoms. The maximum Gasteiger partial charge on any atom is 0.191 e. The van der Waals surface area contributed by atoms with Gasteiger partial charge in [-0.2, -0.15) is 0 Å². The zero-order chi connectivity index (χ0) is 18.6. The topological polar surface area (TPSA) is 74.3 Å². The molecule has 0 saturated carbocycles. The van der Waals surface area contributed by atoms with Gasteiger partial charge in [0.1, 0.15) is 5.82 Å². The number of hydrogen-bond acceptors (Lipinski definition) is 3. The van der Waals surface area contributed by atoms with Gasteiger partial charge in [-0.3, -0.25) is 4.99 Å². The summed E-state index contributed by atoms with van der Waals surface area (Å²) in [4.78, 5) is 12.6. The van der Waals surface area contributed by atoms with Gasteiger partial charge in [-0.15, -0.1) is 24.0 Å². The van der Waals surface area contributed by atoms with Crippen LogP contribution in [0.25, 0.3) is 11.0 Å². The number of hydrogen-bond donors (Lipinski definition) is 3. The lowest BCUT2D eigenvalue weighted by Crippen LogP contribution is -2.39. The molecule has 3 N–H and O–H groups in total. The Hall–Kier alpha value is -1.35. The molecule has 0 atom stereocenters. The fraction of sp³-hybridized carbons (Fsp3) is 0.600. The molecule has 0 aliphatic carbocycles. The highest BCUT2D eigenvalue weighted by Gasteiger charge is 2.02. The Labute approximate surface area is 180 Å². The summed E-state index contributed by atoms with van der Waals surface area (Å²) in [6.45, 7) is 10.4. The number of guanidine groups is 1. The first kappa shape index (κ1) is 23.7. The first-order chi connectivity index (χ1) is 12.7. The van der Waals surface area contributed by atoms with E-state index in [0.29, 0.717) is 12.5 Å². The second-order valence-electron chi connectivity index (χ2n) is 6.79. The fourth-order valence-corrected chi connectivity index (χ4v) is 2.57. The first-order valence-corrected chi connectivity index (χ1v) is 9.72. The van der Waals surface area contributed by atoms with E-state index in [4.69, 9.17) is 4.74 Å². The van der Waals surface area contributed by atoms with Gasteiger partial charge in [-0.05, 0) is 37.8 Å². The van der Waals surface area contributed by atoms with Crippen LogP contribution in [0.5, 0.6) is 0 Å². The van der Waals surface area contributed by atoms with Crippen LogP contribution >= 0.6 is 24.0 Å². The molecule has 0 aliphatic heterocycles. The zero-order valence-corrected chi connectivity index (χ0v) is 19.1. The molecule has 6 nitrogen and oxygen atoms in total. The predicted molar refractivity (Wildman–Crippen MR) is 124 cm³/mol. The second kappa shape index (κ2) is 13.8. The average molecular weight is 487 g/mol. The molecule has 152 valence electrons. The van der Waals surface area contributed by atoms with Gasteiger partial charge in [0.25, 0.3) is 0 Å². The van der Waals surface area contributed by atoms with Crippen LogP contribution in [0.3, 0.4) is 0 Å². The Morgan fingerprint density at radius 3 is 2.78 bits per heavy atom. The molecule has 0 saturated heterocycles. The number of benzene rings is 1. The number of para-hydroxylation sites is 2. The lowest BCUT2D eigenvalue weighted by atomic mass is 10.1. The summed E-state index contributed by atoms with van der Waals surface area (Å²) >= 11 is 0. The maximum atomic E-state index is 5.63. The summed E-state index contributed by atoms with van der Waals surface area (Å²) in [5.41, 5.74) is 2.12. The number of rotatable bonds is 11. The van der Waals surface area contributed by atoms with E-state index in [1.807, 2.05) is 18.2 Å². The number of aliphatic imine (C=N–C) groups is 1. The summed E-state index contributed by atoms with van der Waals surface area (Å²) in [6.07, 6.45) is 2.97. The van der Waals surface area contributed by atoms with Gasteiger partial charge >= 0.3 is 0 Å². The van der Waals surface area contributed by atoms with Crippen LogP contribution in [0.2, 0.25) is 0 Å². The van der Waals surface area contributed by atoms with E-state index < -0.39 is 0 Å². The van der Waals surface area contributed by atoms with E-state index >= 15 is 0 Å². The van der Waals surface area contributed by atoms with Gasteiger partial charge in [0.2, 0.25) is 0 Å². The molecule has 7 heteroatoms. The number of aryl methyl sites for hydroxylation is 1. The van der Waals surface area contributed by atoms with Crippen LogP contribution in [-0.4, -0.2) is 48.8 Å². The highest BCUT2D eigenvalue weighted by Crippen LogP contribution is 2.11. The van der Waals surface area contributed by atoms with Crippen LogP contribution in [0.15, 0.2) is 29.3 Å². The number of aromatic nitrogens is 2. The van der Waals surface area contributed by atoms with Gasteiger partial charge < -0.3 is 20.4 Å². The minimum atomic E-state index is 0. The zero-order valence-electron chi connectivity index (χ0n) is 16.8.